The first-order valence-corrected chi connectivity index (χ1v) is 13.8. The maximum absolute atomic E-state index is 13.5. The van der Waals surface area contributed by atoms with Gasteiger partial charge < -0.3 is 13.9 Å². The largest absolute Gasteiger partial charge is 0.480 e. The van der Waals surface area contributed by atoms with Gasteiger partial charge in [-0.05, 0) is 101 Å². The highest BCUT2D eigenvalue weighted by molar-refractivity contribution is 14.1. The average molecular weight is 733 g/mol. The monoisotopic (exact) mass is 733 g/mol. The summed E-state index contributed by atoms with van der Waals surface area (Å²) in [5.74, 6) is 0.886. The summed E-state index contributed by atoms with van der Waals surface area (Å²) in [6.07, 6.45) is 1.38. The highest BCUT2D eigenvalue weighted by Crippen LogP contribution is 2.29. The molecule has 0 radical (unpaired) electrons. The first-order valence-electron chi connectivity index (χ1n) is 11.7. The number of benzene rings is 3. The fraction of sp³-hybridized carbons (Fsp3) is 0.143. The first-order chi connectivity index (χ1) is 18.3. The normalized spacial score (nSPS) is 11.6. The molecule has 10 heteroatoms. The number of esters is 1. The Morgan fingerprint density at radius 2 is 1.79 bits per heavy atom. The Morgan fingerprint density at radius 1 is 1.08 bits per heavy atom. The second-order valence-electron chi connectivity index (χ2n) is 8.60. The van der Waals surface area contributed by atoms with Crippen molar-refractivity contribution in [3.05, 3.63) is 89.8 Å². The highest BCUT2D eigenvalue weighted by Gasteiger charge is 2.17. The van der Waals surface area contributed by atoms with Gasteiger partial charge in [-0.2, -0.15) is 9.78 Å². The third kappa shape index (κ3) is 5.60. The zero-order chi connectivity index (χ0) is 26.8. The second kappa shape index (κ2) is 11.2. The maximum atomic E-state index is 13.5. The van der Waals surface area contributed by atoms with E-state index in [9.17, 15) is 9.59 Å². The van der Waals surface area contributed by atoms with Crippen molar-refractivity contribution in [1.29, 1.82) is 0 Å². The van der Waals surface area contributed by atoms with Crippen molar-refractivity contribution in [3.63, 3.8) is 0 Å². The van der Waals surface area contributed by atoms with Gasteiger partial charge in [0.15, 0.2) is 12.4 Å². The number of para-hydroxylation sites is 2. The van der Waals surface area contributed by atoms with Gasteiger partial charge in [0.05, 0.1) is 30.4 Å². The third-order valence-electron chi connectivity index (χ3n) is 5.44. The molecule has 0 saturated heterocycles. The standard InChI is InChI=1S/C28H21I2N3O5/c1-16(2)37-25(34)15-36-26-20(29)11-17(12-21(26)30)14-31-33-27(24-13-18-7-3-6-10-23(18)38-24)32-22-9-5-4-8-19(22)28(33)35/h3-14,16H,15H2,1-2H3. The molecule has 0 aliphatic heterocycles. The van der Waals surface area contributed by atoms with Crippen LogP contribution >= 0.6 is 45.2 Å². The van der Waals surface area contributed by atoms with Crippen LogP contribution < -0.4 is 10.3 Å². The Hall–Kier alpha value is -3.26. The predicted octanol–water partition coefficient (Wildman–Crippen LogP) is 6.23. The van der Waals surface area contributed by atoms with Crippen LogP contribution in [0.4, 0.5) is 0 Å². The van der Waals surface area contributed by atoms with E-state index in [-0.39, 0.29) is 18.3 Å². The molecule has 0 fully saturated rings. The minimum Gasteiger partial charge on any atom is -0.480 e. The quantitative estimate of drug-likeness (QED) is 0.112. The van der Waals surface area contributed by atoms with E-state index in [2.05, 4.69) is 50.3 Å². The molecule has 0 aliphatic rings. The van der Waals surface area contributed by atoms with Crippen LogP contribution in [0.2, 0.25) is 0 Å². The van der Waals surface area contributed by atoms with E-state index in [0.29, 0.717) is 33.8 Å². The molecular weight excluding hydrogens is 712 g/mol. The van der Waals surface area contributed by atoms with Crippen LogP contribution in [0.5, 0.6) is 5.75 Å². The Bertz CT molecular complexity index is 1700. The van der Waals surface area contributed by atoms with Crippen molar-refractivity contribution in [2.24, 2.45) is 5.10 Å². The number of carbonyl (C=O) groups excluding carboxylic acids is 1. The lowest BCUT2D eigenvalue weighted by Gasteiger charge is -2.12. The van der Waals surface area contributed by atoms with E-state index in [1.807, 2.05) is 48.5 Å². The minimum atomic E-state index is -0.432. The van der Waals surface area contributed by atoms with E-state index < -0.39 is 5.97 Å². The summed E-state index contributed by atoms with van der Waals surface area (Å²) in [5.41, 5.74) is 1.68. The molecule has 192 valence electrons. The Morgan fingerprint density at radius 3 is 2.53 bits per heavy atom. The number of hydrogen-bond acceptors (Lipinski definition) is 7. The molecule has 3 aromatic carbocycles. The number of nitrogens with zero attached hydrogens (tertiary/aromatic N) is 3. The van der Waals surface area contributed by atoms with Gasteiger partial charge in [-0.15, -0.1) is 0 Å². The van der Waals surface area contributed by atoms with Crippen molar-refractivity contribution in [3.8, 4) is 17.3 Å². The lowest BCUT2D eigenvalue weighted by molar-refractivity contribution is -0.149. The van der Waals surface area contributed by atoms with Gasteiger partial charge in [-0.1, -0.05) is 30.3 Å². The van der Waals surface area contributed by atoms with Crippen molar-refractivity contribution in [2.75, 3.05) is 6.61 Å². The number of ether oxygens (including phenoxy) is 2. The molecule has 0 atom stereocenters. The van der Waals surface area contributed by atoms with Crippen molar-refractivity contribution >= 4 is 79.2 Å². The molecule has 2 heterocycles. The summed E-state index contributed by atoms with van der Waals surface area (Å²) in [6.45, 7) is 3.39. The summed E-state index contributed by atoms with van der Waals surface area (Å²) in [5, 5.41) is 5.88. The summed E-state index contributed by atoms with van der Waals surface area (Å²) in [4.78, 5) is 30.1. The SMILES string of the molecule is CC(C)OC(=O)COc1c(I)cc(C=Nn2c(-c3cc4ccccc4o3)nc3ccccc3c2=O)cc1I. The van der Waals surface area contributed by atoms with Gasteiger partial charge in [-0.3, -0.25) is 4.79 Å². The maximum Gasteiger partial charge on any atom is 0.344 e. The van der Waals surface area contributed by atoms with Gasteiger partial charge in [0.2, 0.25) is 5.82 Å². The molecule has 5 rings (SSSR count). The molecule has 0 amide bonds. The lowest BCUT2D eigenvalue weighted by atomic mass is 10.2. The van der Waals surface area contributed by atoms with Crippen LogP contribution in [0.1, 0.15) is 19.4 Å². The van der Waals surface area contributed by atoms with Gasteiger partial charge in [0, 0.05) is 5.39 Å². The number of rotatable bonds is 7. The molecule has 38 heavy (non-hydrogen) atoms. The van der Waals surface area contributed by atoms with Gasteiger partial charge >= 0.3 is 5.97 Å². The Kier molecular flexibility index (Phi) is 7.79. The van der Waals surface area contributed by atoms with E-state index in [0.717, 1.165) is 18.1 Å². The Balaban J connectivity index is 1.52. The van der Waals surface area contributed by atoms with Crippen LogP contribution in [-0.2, 0) is 9.53 Å². The molecule has 5 aromatic rings. The number of aromatic nitrogens is 2. The molecule has 0 aliphatic carbocycles. The van der Waals surface area contributed by atoms with Crippen LogP contribution in [0.15, 0.2) is 81.0 Å². The number of fused-ring (bicyclic) bond motifs is 2. The molecule has 0 unspecified atom stereocenters. The van der Waals surface area contributed by atoms with Gasteiger partial charge in [0.1, 0.15) is 11.3 Å². The van der Waals surface area contributed by atoms with E-state index in [1.165, 1.54) is 4.68 Å². The lowest BCUT2D eigenvalue weighted by Crippen LogP contribution is -2.20. The smallest absolute Gasteiger partial charge is 0.344 e. The molecule has 2 aromatic heterocycles. The first kappa shape index (κ1) is 26.4. The zero-order valence-electron chi connectivity index (χ0n) is 20.4. The summed E-state index contributed by atoms with van der Waals surface area (Å²) in [7, 11) is 0. The fourth-order valence-corrected chi connectivity index (χ4v) is 5.95. The van der Waals surface area contributed by atoms with Crippen molar-refractivity contribution in [2.45, 2.75) is 20.0 Å². The van der Waals surface area contributed by atoms with Crippen LogP contribution in [0, 0.1) is 7.14 Å². The molecule has 0 bridgehead atoms. The predicted molar refractivity (Wildman–Crippen MR) is 163 cm³/mol. The number of halogens is 2. The van der Waals surface area contributed by atoms with Crippen molar-refractivity contribution < 1.29 is 18.7 Å². The third-order valence-corrected chi connectivity index (χ3v) is 7.05. The van der Waals surface area contributed by atoms with E-state index in [4.69, 9.17) is 18.9 Å². The molecular formula is C28H21I2N3O5. The van der Waals surface area contributed by atoms with Crippen LogP contribution in [-0.4, -0.2) is 34.6 Å². The topological polar surface area (TPSA) is 95.9 Å². The molecule has 0 N–H and O–H groups in total. The van der Waals surface area contributed by atoms with Crippen LogP contribution in [0.3, 0.4) is 0 Å². The summed E-state index contributed by atoms with van der Waals surface area (Å²) < 4.78 is 19.7. The van der Waals surface area contributed by atoms with Crippen LogP contribution in [0.25, 0.3) is 33.5 Å². The highest BCUT2D eigenvalue weighted by atomic mass is 127. The van der Waals surface area contributed by atoms with E-state index in [1.54, 1.807) is 38.3 Å². The molecule has 0 saturated carbocycles. The average Bonchev–Trinajstić information content (AvgIpc) is 3.31. The number of furan rings is 1. The minimum absolute atomic E-state index is 0.184. The number of carbonyl (C=O) groups is 1. The zero-order valence-corrected chi connectivity index (χ0v) is 24.7. The van der Waals surface area contributed by atoms with Gasteiger partial charge in [-0.25, -0.2) is 9.78 Å². The molecule has 8 nitrogen and oxygen atoms in total. The fourth-order valence-electron chi connectivity index (χ4n) is 3.83. The molecule has 0 spiro atoms. The van der Waals surface area contributed by atoms with Gasteiger partial charge in [0.25, 0.3) is 5.56 Å². The summed E-state index contributed by atoms with van der Waals surface area (Å²) in [6, 6.07) is 20.3. The Labute approximate surface area is 244 Å². The number of hydrogen-bond donors (Lipinski definition) is 0. The van der Waals surface area contributed by atoms with E-state index >= 15 is 0 Å². The van der Waals surface area contributed by atoms with Crippen molar-refractivity contribution in [1.82, 2.24) is 9.66 Å². The summed E-state index contributed by atoms with van der Waals surface area (Å²) >= 11 is 4.28. The second-order valence-corrected chi connectivity index (χ2v) is 10.9.